The molecule has 0 spiro atoms. The Hall–Kier alpha value is -2.58. The number of rotatable bonds is 4. The fourth-order valence-corrected chi connectivity index (χ4v) is 8.54. The van der Waals surface area contributed by atoms with Gasteiger partial charge in [-0.1, -0.05) is 111 Å². The van der Waals surface area contributed by atoms with Gasteiger partial charge in [0.15, 0.2) is 0 Å². The summed E-state index contributed by atoms with van der Waals surface area (Å²) in [6.45, 7) is 6.98. The summed E-state index contributed by atoms with van der Waals surface area (Å²) in [6.07, 6.45) is 2.10. The van der Waals surface area contributed by atoms with E-state index in [4.69, 9.17) is 0 Å². The van der Waals surface area contributed by atoms with Crippen LogP contribution in [0.3, 0.4) is 0 Å². The van der Waals surface area contributed by atoms with Crippen LogP contribution in [0.2, 0.25) is 5.04 Å². The number of hydrogen-bond acceptors (Lipinski definition) is 1. The van der Waals surface area contributed by atoms with Crippen LogP contribution in [-0.4, -0.2) is 13.2 Å². The molecule has 0 aliphatic rings. The average molecular weight is 359 g/mol. The van der Waals surface area contributed by atoms with Crippen LogP contribution >= 0.6 is 0 Å². The lowest BCUT2D eigenvalue weighted by Crippen LogP contribution is -2.63. The maximum atomic E-state index is 10.2. The largest absolute Gasteiger partial charge is 0.507 e. The molecule has 0 aliphatic heterocycles. The summed E-state index contributed by atoms with van der Waals surface area (Å²) in [4.78, 5) is 0. The van der Waals surface area contributed by atoms with Crippen molar-refractivity contribution in [2.45, 2.75) is 25.8 Å². The molecule has 0 aliphatic carbocycles. The predicted octanol–water partition coefficient (Wildman–Crippen LogP) is 5.01. The van der Waals surface area contributed by atoms with Crippen molar-refractivity contribution in [1.82, 2.24) is 0 Å². The number of phenols is 1. The molecule has 0 fully saturated rings. The first kappa shape index (κ1) is 18.2. The SMILES string of the molecule is CC(C)(C)[Si](/C=C/c1ccccc1O)(c1ccccc1)c1ccccc1. The number of benzene rings is 3. The molecule has 0 unspecified atom stereocenters. The minimum Gasteiger partial charge on any atom is -0.507 e. The zero-order chi connectivity index (χ0) is 18.6. The second-order valence-electron chi connectivity index (χ2n) is 7.68. The average Bonchev–Trinajstić information content (AvgIpc) is 2.64. The minimum absolute atomic E-state index is 0.0661. The van der Waals surface area contributed by atoms with E-state index in [1.165, 1.54) is 10.4 Å². The fourth-order valence-electron chi connectivity index (χ4n) is 3.72. The van der Waals surface area contributed by atoms with E-state index < -0.39 is 8.07 Å². The van der Waals surface area contributed by atoms with Gasteiger partial charge in [-0.15, -0.1) is 0 Å². The van der Waals surface area contributed by atoms with Crippen LogP contribution in [0.5, 0.6) is 5.75 Å². The Bertz CT molecular complexity index is 837. The number of para-hydroxylation sites is 1. The molecule has 0 aromatic heterocycles. The van der Waals surface area contributed by atoms with E-state index in [0.717, 1.165) is 5.56 Å². The van der Waals surface area contributed by atoms with Crippen LogP contribution in [0.1, 0.15) is 26.3 Å². The molecule has 3 aromatic carbocycles. The van der Waals surface area contributed by atoms with Gasteiger partial charge >= 0.3 is 0 Å². The van der Waals surface area contributed by atoms with Crippen molar-refractivity contribution in [2.24, 2.45) is 0 Å². The Balaban J connectivity index is 2.26. The summed E-state index contributed by atoms with van der Waals surface area (Å²) in [5.41, 5.74) is 3.24. The van der Waals surface area contributed by atoms with E-state index in [9.17, 15) is 5.11 Å². The van der Waals surface area contributed by atoms with Gasteiger partial charge in [0.2, 0.25) is 0 Å². The highest BCUT2D eigenvalue weighted by Gasteiger charge is 2.45. The molecule has 132 valence electrons. The van der Waals surface area contributed by atoms with Crippen molar-refractivity contribution in [2.75, 3.05) is 0 Å². The molecule has 0 atom stereocenters. The highest BCUT2D eigenvalue weighted by Crippen LogP contribution is 2.37. The third-order valence-corrected chi connectivity index (χ3v) is 10.6. The Kier molecular flexibility index (Phi) is 5.15. The summed E-state index contributed by atoms with van der Waals surface area (Å²) in [5.74, 6) is 0.321. The first-order valence-corrected chi connectivity index (χ1v) is 11.1. The zero-order valence-electron chi connectivity index (χ0n) is 15.7. The van der Waals surface area contributed by atoms with Gasteiger partial charge in [-0.3, -0.25) is 0 Å². The van der Waals surface area contributed by atoms with Gasteiger partial charge in [-0.2, -0.15) is 0 Å². The Morgan fingerprint density at radius 2 is 1.15 bits per heavy atom. The lowest BCUT2D eigenvalue weighted by Gasteiger charge is -2.42. The summed E-state index contributed by atoms with van der Waals surface area (Å²) in [5, 5.41) is 13.0. The van der Waals surface area contributed by atoms with Crippen LogP contribution in [0.25, 0.3) is 6.08 Å². The zero-order valence-corrected chi connectivity index (χ0v) is 16.7. The first-order valence-electron chi connectivity index (χ1n) is 9.03. The predicted molar refractivity (Wildman–Crippen MR) is 115 cm³/mol. The van der Waals surface area contributed by atoms with E-state index in [0.29, 0.717) is 5.75 Å². The van der Waals surface area contributed by atoms with Crippen molar-refractivity contribution < 1.29 is 5.11 Å². The molecule has 3 aromatic rings. The smallest absolute Gasteiger partial charge is 0.146 e. The quantitative estimate of drug-likeness (QED) is 0.650. The second-order valence-corrected chi connectivity index (χ2v) is 12.3. The Morgan fingerprint density at radius 3 is 1.62 bits per heavy atom. The molecular formula is C24H26OSi. The maximum Gasteiger partial charge on any atom is 0.146 e. The van der Waals surface area contributed by atoms with E-state index in [-0.39, 0.29) is 5.04 Å². The molecule has 1 N–H and O–H groups in total. The first-order chi connectivity index (χ1) is 12.4. The van der Waals surface area contributed by atoms with E-state index in [1.807, 2.05) is 18.2 Å². The fraction of sp³-hybridized carbons (Fsp3) is 0.167. The van der Waals surface area contributed by atoms with Crippen molar-refractivity contribution in [1.29, 1.82) is 0 Å². The van der Waals surface area contributed by atoms with Crippen molar-refractivity contribution in [3.05, 3.63) is 96.2 Å². The van der Waals surface area contributed by atoms with E-state index >= 15 is 0 Å². The lowest BCUT2D eigenvalue weighted by molar-refractivity contribution is 0.474. The number of phenolic OH excluding ortho intramolecular Hbond substituents is 1. The monoisotopic (exact) mass is 358 g/mol. The van der Waals surface area contributed by atoms with Gasteiger partial charge in [0.05, 0.1) is 0 Å². The normalized spacial score (nSPS) is 12.4. The molecule has 0 heterocycles. The molecule has 0 saturated carbocycles. The molecule has 26 heavy (non-hydrogen) atoms. The molecular weight excluding hydrogens is 332 g/mol. The molecule has 2 heteroatoms. The van der Waals surface area contributed by atoms with Gasteiger partial charge in [-0.25, -0.2) is 0 Å². The van der Waals surface area contributed by atoms with Gasteiger partial charge in [0.25, 0.3) is 0 Å². The van der Waals surface area contributed by atoms with Gasteiger partial charge in [-0.05, 0) is 21.5 Å². The molecule has 1 nitrogen and oxygen atoms in total. The van der Waals surface area contributed by atoms with Crippen LogP contribution < -0.4 is 10.4 Å². The molecule has 0 radical (unpaired) electrons. The highest BCUT2D eigenvalue weighted by atomic mass is 28.3. The van der Waals surface area contributed by atoms with Gasteiger partial charge in [0.1, 0.15) is 13.8 Å². The summed E-state index contributed by atoms with van der Waals surface area (Å²) < 4.78 is 0. The van der Waals surface area contributed by atoms with Crippen molar-refractivity contribution in [3.8, 4) is 5.75 Å². The Morgan fingerprint density at radius 1 is 0.692 bits per heavy atom. The van der Waals surface area contributed by atoms with Crippen molar-refractivity contribution >= 4 is 24.5 Å². The third kappa shape index (κ3) is 3.38. The maximum absolute atomic E-state index is 10.2. The Labute approximate surface area is 157 Å². The number of hydrogen-bond donors (Lipinski definition) is 1. The molecule has 0 bridgehead atoms. The number of aromatic hydroxyl groups is 1. The standard InChI is InChI=1S/C24H26OSi/c1-24(2,3)26(21-13-6-4-7-14-21,22-15-8-5-9-16-22)19-18-20-12-10-11-17-23(20)25/h4-19,25H,1-3H3/b19-18+. The highest BCUT2D eigenvalue weighted by molar-refractivity contribution is 7.08. The summed E-state index contributed by atoms with van der Waals surface area (Å²) >= 11 is 0. The lowest BCUT2D eigenvalue weighted by atomic mass is 10.2. The van der Waals surface area contributed by atoms with Crippen LogP contribution in [0.4, 0.5) is 0 Å². The van der Waals surface area contributed by atoms with Crippen LogP contribution in [0, 0.1) is 0 Å². The third-order valence-electron chi connectivity index (χ3n) is 5.09. The molecule has 0 amide bonds. The summed E-state index contributed by atoms with van der Waals surface area (Å²) in [6, 6.07) is 29.2. The second kappa shape index (κ2) is 7.34. The minimum atomic E-state index is -2.25. The van der Waals surface area contributed by atoms with Crippen molar-refractivity contribution in [3.63, 3.8) is 0 Å². The van der Waals surface area contributed by atoms with E-state index in [2.05, 4.69) is 93.2 Å². The molecule has 0 saturated heterocycles. The van der Waals surface area contributed by atoms with Crippen LogP contribution in [0.15, 0.2) is 90.6 Å². The van der Waals surface area contributed by atoms with Gasteiger partial charge < -0.3 is 5.11 Å². The molecule has 3 rings (SSSR count). The van der Waals surface area contributed by atoms with E-state index in [1.54, 1.807) is 6.07 Å². The van der Waals surface area contributed by atoms with Crippen LogP contribution in [-0.2, 0) is 0 Å². The topological polar surface area (TPSA) is 20.2 Å². The van der Waals surface area contributed by atoms with Gasteiger partial charge in [0, 0.05) is 5.56 Å². The summed E-state index contributed by atoms with van der Waals surface area (Å²) in [7, 11) is -2.25.